The van der Waals surface area contributed by atoms with Crippen LogP contribution in [0.1, 0.15) is 33.6 Å². The van der Waals surface area contributed by atoms with Gasteiger partial charge in [0.2, 0.25) is 5.91 Å². The molecule has 4 heteroatoms. The Bertz CT molecular complexity index is 243. The maximum Gasteiger partial charge on any atom is 0.223 e. The number of carbonyl (C=O) groups is 1. The molecule has 2 atom stereocenters. The van der Waals surface area contributed by atoms with E-state index in [9.17, 15) is 4.79 Å². The second-order valence-electron chi connectivity index (χ2n) is 5.26. The van der Waals surface area contributed by atoms with Gasteiger partial charge in [0.1, 0.15) is 0 Å². The van der Waals surface area contributed by atoms with Crippen LogP contribution >= 0.6 is 11.8 Å². The summed E-state index contributed by atoms with van der Waals surface area (Å²) in [4.78, 5) is 12.0. The van der Waals surface area contributed by atoms with Crippen molar-refractivity contribution in [2.75, 3.05) is 19.3 Å². The van der Waals surface area contributed by atoms with Crippen LogP contribution in [-0.2, 0) is 4.79 Å². The van der Waals surface area contributed by atoms with E-state index in [2.05, 4.69) is 37.7 Å². The smallest absolute Gasteiger partial charge is 0.223 e. The lowest BCUT2D eigenvalue weighted by Crippen LogP contribution is -2.45. The van der Waals surface area contributed by atoms with Crippen molar-refractivity contribution in [3.63, 3.8) is 0 Å². The molecule has 2 N–H and O–H groups in total. The number of carbonyl (C=O) groups excluding carboxylic acids is 1. The van der Waals surface area contributed by atoms with Gasteiger partial charge in [-0.2, -0.15) is 11.8 Å². The molecule has 1 aliphatic rings. The fourth-order valence-electron chi connectivity index (χ4n) is 1.89. The van der Waals surface area contributed by atoms with Crippen LogP contribution in [0, 0.1) is 5.92 Å². The van der Waals surface area contributed by atoms with Gasteiger partial charge in [-0.25, -0.2) is 0 Å². The Hall–Kier alpha value is -0.220. The molecular formula is C12H24N2OS. The average molecular weight is 244 g/mol. The standard InChI is InChI=1S/C12H24N2OS/c1-9-7-10(5-6-13-9)11(15)14-8-12(2,3)16-4/h9-10,13H,5-8H2,1-4H3,(H,14,15). The number of nitrogens with one attached hydrogen (secondary N) is 2. The maximum atomic E-state index is 12.0. The Kier molecular flexibility index (Phi) is 5.12. The number of piperidine rings is 1. The highest BCUT2D eigenvalue weighted by Crippen LogP contribution is 2.21. The van der Waals surface area contributed by atoms with E-state index < -0.39 is 0 Å². The highest BCUT2D eigenvalue weighted by atomic mass is 32.2. The fraction of sp³-hybridized carbons (Fsp3) is 0.917. The second-order valence-corrected chi connectivity index (χ2v) is 6.77. The van der Waals surface area contributed by atoms with E-state index in [-0.39, 0.29) is 16.6 Å². The van der Waals surface area contributed by atoms with Crippen molar-refractivity contribution in [1.82, 2.24) is 10.6 Å². The van der Waals surface area contributed by atoms with Gasteiger partial charge in [-0.1, -0.05) is 0 Å². The predicted octanol–water partition coefficient (Wildman–Crippen LogP) is 1.63. The summed E-state index contributed by atoms with van der Waals surface area (Å²) < 4.78 is 0.133. The topological polar surface area (TPSA) is 41.1 Å². The van der Waals surface area contributed by atoms with Gasteiger partial charge in [0.05, 0.1) is 0 Å². The van der Waals surface area contributed by atoms with Crippen LogP contribution in [0.5, 0.6) is 0 Å². The number of hydrogen-bond donors (Lipinski definition) is 2. The zero-order chi connectivity index (χ0) is 12.2. The first-order valence-electron chi connectivity index (χ1n) is 6.01. The summed E-state index contributed by atoms with van der Waals surface area (Å²) in [6.07, 6.45) is 4.01. The Morgan fingerprint density at radius 1 is 1.56 bits per heavy atom. The van der Waals surface area contributed by atoms with Gasteiger partial charge in [-0.3, -0.25) is 4.79 Å². The molecule has 1 rings (SSSR count). The van der Waals surface area contributed by atoms with Crippen molar-refractivity contribution in [1.29, 1.82) is 0 Å². The minimum atomic E-state index is 0.133. The molecule has 2 unspecified atom stereocenters. The molecule has 0 aromatic rings. The molecule has 1 saturated heterocycles. The van der Waals surface area contributed by atoms with Crippen molar-refractivity contribution in [2.45, 2.75) is 44.4 Å². The van der Waals surface area contributed by atoms with Gasteiger partial charge in [-0.05, 0) is 46.4 Å². The van der Waals surface area contributed by atoms with Crippen molar-refractivity contribution >= 4 is 17.7 Å². The Morgan fingerprint density at radius 3 is 2.81 bits per heavy atom. The van der Waals surface area contributed by atoms with E-state index in [1.54, 1.807) is 11.8 Å². The Labute approximate surface area is 103 Å². The summed E-state index contributed by atoms with van der Waals surface area (Å²) in [5, 5.41) is 6.44. The molecule has 1 aliphatic heterocycles. The molecule has 0 aromatic carbocycles. The van der Waals surface area contributed by atoms with Crippen LogP contribution in [0.2, 0.25) is 0 Å². The van der Waals surface area contributed by atoms with E-state index in [1.807, 2.05) is 0 Å². The number of hydrogen-bond acceptors (Lipinski definition) is 3. The van der Waals surface area contributed by atoms with Crippen LogP contribution in [0.4, 0.5) is 0 Å². The molecule has 94 valence electrons. The SMILES string of the molecule is CSC(C)(C)CNC(=O)C1CCNC(C)C1. The largest absolute Gasteiger partial charge is 0.354 e. The highest BCUT2D eigenvalue weighted by molar-refractivity contribution is 7.99. The van der Waals surface area contributed by atoms with Gasteiger partial charge in [0, 0.05) is 23.3 Å². The Morgan fingerprint density at radius 2 is 2.25 bits per heavy atom. The monoisotopic (exact) mass is 244 g/mol. The van der Waals surface area contributed by atoms with Crippen molar-refractivity contribution in [3.05, 3.63) is 0 Å². The van der Waals surface area contributed by atoms with E-state index in [1.165, 1.54) is 0 Å². The first-order valence-corrected chi connectivity index (χ1v) is 7.23. The normalized spacial score (nSPS) is 26.5. The number of thioether (sulfide) groups is 1. The fourth-order valence-corrected chi connectivity index (χ4v) is 2.10. The predicted molar refractivity (Wildman–Crippen MR) is 70.8 cm³/mol. The summed E-state index contributed by atoms with van der Waals surface area (Å²) >= 11 is 1.79. The van der Waals surface area contributed by atoms with Crippen LogP contribution in [0.3, 0.4) is 0 Å². The van der Waals surface area contributed by atoms with Gasteiger partial charge in [-0.15, -0.1) is 0 Å². The molecule has 3 nitrogen and oxygen atoms in total. The van der Waals surface area contributed by atoms with Crippen molar-refractivity contribution in [3.8, 4) is 0 Å². The van der Waals surface area contributed by atoms with Crippen LogP contribution in [0.15, 0.2) is 0 Å². The summed E-state index contributed by atoms with van der Waals surface area (Å²) in [5.41, 5.74) is 0. The third-order valence-electron chi connectivity index (χ3n) is 3.24. The van der Waals surface area contributed by atoms with E-state index in [0.717, 1.165) is 25.9 Å². The third-order valence-corrected chi connectivity index (χ3v) is 4.48. The molecule has 0 spiro atoms. The molecule has 1 heterocycles. The molecule has 0 radical (unpaired) electrons. The first-order chi connectivity index (χ1) is 7.44. The molecular weight excluding hydrogens is 220 g/mol. The van der Waals surface area contributed by atoms with Crippen LogP contribution in [-0.4, -0.2) is 36.0 Å². The average Bonchev–Trinajstić information content (AvgIpc) is 2.26. The zero-order valence-electron chi connectivity index (χ0n) is 10.8. The molecule has 16 heavy (non-hydrogen) atoms. The minimum Gasteiger partial charge on any atom is -0.354 e. The number of amides is 1. The summed E-state index contributed by atoms with van der Waals surface area (Å²) in [7, 11) is 0. The van der Waals surface area contributed by atoms with Crippen LogP contribution < -0.4 is 10.6 Å². The van der Waals surface area contributed by atoms with Crippen molar-refractivity contribution in [2.24, 2.45) is 5.92 Å². The van der Waals surface area contributed by atoms with E-state index >= 15 is 0 Å². The first kappa shape index (κ1) is 13.8. The second kappa shape index (κ2) is 5.92. The summed E-state index contributed by atoms with van der Waals surface area (Å²) in [6.45, 7) is 8.17. The summed E-state index contributed by atoms with van der Waals surface area (Å²) in [6, 6.07) is 0.470. The zero-order valence-corrected chi connectivity index (χ0v) is 11.6. The number of rotatable bonds is 4. The molecule has 1 amide bonds. The molecule has 0 aromatic heterocycles. The molecule has 0 bridgehead atoms. The maximum absolute atomic E-state index is 12.0. The van der Waals surface area contributed by atoms with E-state index in [0.29, 0.717) is 6.04 Å². The van der Waals surface area contributed by atoms with Crippen molar-refractivity contribution < 1.29 is 4.79 Å². The van der Waals surface area contributed by atoms with Crippen LogP contribution in [0.25, 0.3) is 0 Å². The molecule has 0 saturated carbocycles. The lowest BCUT2D eigenvalue weighted by atomic mass is 9.92. The van der Waals surface area contributed by atoms with E-state index in [4.69, 9.17) is 0 Å². The minimum absolute atomic E-state index is 0.133. The lowest BCUT2D eigenvalue weighted by Gasteiger charge is -2.29. The molecule has 0 aliphatic carbocycles. The lowest BCUT2D eigenvalue weighted by molar-refractivity contribution is -0.126. The Balaban J connectivity index is 2.34. The quantitative estimate of drug-likeness (QED) is 0.790. The van der Waals surface area contributed by atoms with Gasteiger partial charge in [0.15, 0.2) is 0 Å². The summed E-state index contributed by atoms with van der Waals surface area (Å²) in [5.74, 6) is 0.435. The van der Waals surface area contributed by atoms with Gasteiger partial charge >= 0.3 is 0 Å². The highest BCUT2D eigenvalue weighted by Gasteiger charge is 2.26. The molecule has 1 fully saturated rings. The third kappa shape index (κ3) is 4.34. The van der Waals surface area contributed by atoms with Gasteiger partial charge < -0.3 is 10.6 Å². The van der Waals surface area contributed by atoms with Gasteiger partial charge in [0.25, 0.3) is 0 Å².